The molecule has 2 heterocycles. The van der Waals surface area contributed by atoms with Gasteiger partial charge in [0.2, 0.25) is 11.6 Å². The van der Waals surface area contributed by atoms with Gasteiger partial charge in [-0.05, 0) is 12.8 Å². The minimum absolute atomic E-state index is 0.0378. The molecule has 2 aromatic heterocycles. The molecule has 2 rings (SSSR count). The van der Waals surface area contributed by atoms with E-state index in [1.807, 2.05) is 17.5 Å². The van der Waals surface area contributed by atoms with Crippen molar-refractivity contribution in [3.63, 3.8) is 0 Å². The summed E-state index contributed by atoms with van der Waals surface area (Å²) in [5, 5.41) is 14.1. The molecule has 0 radical (unpaired) electrons. The van der Waals surface area contributed by atoms with Gasteiger partial charge in [0.1, 0.15) is 5.82 Å². The molecule has 0 fully saturated rings. The third-order valence-corrected chi connectivity index (χ3v) is 2.85. The number of nitrogens with one attached hydrogen (secondary N) is 2. The van der Waals surface area contributed by atoms with Crippen LogP contribution in [0.1, 0.15) is 26.1 Å². The highest BCUT2D eigenvalue weighted by molar-refractivity contribution is 5.76. The van der Waals surface area contributed by atoms with E-state index in [2.05, 4.69) is 39.7 Å². The predicted molar refractivity (Wildman–Crippen MR) is 76.5 cm³/mol. The molecule has 0 spiro atoms. The molecule has 2 aromatic rings. The van der Waals surface area contributed by atoms with Crippen molar-refractivity contribution >= 4 is 17.4 Å². The summed E-state index contributed by atoms with van der Waals surface area (Å²) in [5.41, 5.74) is 0.674. The van der Waals surface area contributed by atoms with Crippen LogP contribution in [0.3, 0.4) is 0 Å². The molecule has 0 bridgehead atoms. The van der Waals surface area contributed by atoms with E-state index in [0.29, 0.717) is 36.9 Å². The lowest BCUT2D eigenvalue weighted by Crippen LogP contribution is -2.28. The van der Waals surface area contributed by atoms with Crippen LogP contribution >= 0.6 is 0 Å². The van der Waals surface area contributed by atoms with E-state index in [0.717, 1.165) is 5.82 Å². The Balaban J connectivity index is 1.88. The van der Waals surface area contributed by atoms with E-state index in [1.165, 1.54) is 0 Å². The fraction of sp³-hybridized carbons (Fsp3) is 0.538. The van der Waals surface area contributed by atoms with Crippen molar-refractivity contribution in [2.24, 2.45) is 5.92 Å². The fourth-order valence-electron chi connectivity index (χ4n) is 1.77. The first-order valence-corrected chi connectivity index (χ1v) is 6.75. The SMILES string of the molecule is Cc1nnc2c(NCCC(=O)NCC(C)C)nccn12. The molecule has 7 nitrogen and oxygen atoms in total. The van der Waals surface area contributed by atoms with Gasteiger partial charge in [-0.3, -0.25) is 9.20 Å². The Bertz CT molecular complexity index is 592. The quantitative estimate of drug-likeness (QED) is 0.822. The van der Waals surface area contributed by atoms with Crippen LogP contribution in [0.15, 0.2) is 12.4 Å². The lowest BCUT2D eigenvalue weighted by atomic mass is 10.2. The second-order valence-electron chi connectivity index (χ2n) is 5.09. The molecule has 108 valence electrons. The topological polar surface area (TPSA) is 84.2 Å². The molecular weight excluding hydrogens is 256 g/mol. The normalized spacial score (nSPS) is 11.0. The zero-order valence-electron chi connectivity index (χ0n) is 12.1. The Hall–Kier alpha value is -2.18. The van der Waals surface area contributed by atoms with Crippen molar-refractivity contribution in [2.45, 2.75) is 27.2 Å². The van der Waals surface area contributed by atoms with Gasteiger partial charge in [0.25, 0.3) is 0 Å². The predicted octanol–water partition coefficient (Wildman–Crippen LogP) is 1.01. The number of carbonyl (C=O) groups is 1. The maximum Gasteiger partial charge on any atom is 0.221 e. The summed E-state index contributed by atoms with van der Waals surface area (Å²) in [5.74, 6) is 1.95. The van der Waals surface area contributed by atoms with Gasteiger partial charge in [0, 0.05) is 31.9 Å². The van der Waals surface area contributed by atoms with E-state index in [9.17, 15) is 4.79 Å². The van der Waals surface area contributed by atoms with Crippen molar-refractivity contribution in [1.82, 2.24) is 24.9 Å². The summed E-state index contributed by atoms with van der Waals surface area (Å²) in [7, 11) is 0. The summed E-state index contributed by atoms with van der Waals surface area (Å²) >= 11 is 0. The molecule has 0 saturated carbocycles. The Morgan fingerprint density at radius 1 is 1.40 bits per heavy atom. The number of aryl methyl sites for hydroxylation is 1. The maximum absolute atomic E-state index is 11.6. The number of hydrogen-bond donors (Lipinski definition) is 2. The number of amides is 1. The number of fused-ring (bicyclic) bond motifs is 1. The Kier molecular flexibility index (Phi) is 4.49. The molecule has 0 unspecified atom stereocenters. The molecule has 1 amide bonds. The zero-order valence-corrected chi connectivity index (χ0v) is 12.1. The van der Waals surface area contributed by atoms with Gasteiger partial charge < -0.3 is 10.6 Å². The molecule has 20 heavy (non-hydrogen) atoms. The first-order chi connectivity index (χ1) is 9.58. The third-order valence-electron chi connectivity index (χ3n) is 2.85. The molecule has 0 atom stereocenters. The van der Waals surface area contributed by atoms with Crippen LogP contribution in [0.25, 0.3) is 5.65 Å². The second kappa shape index (κ2) is 6.31. The van der Waals surface area contributed by atoms with Gasteiger partial charge in [-0.1, -0.05) is 13.8 Å². The first kappa shape index (κ1) is 14.2. The lowest BCUT2D eigenvalue weighted by Gasteiger charge is -2.08. The van der Waals surface area contributed by atoms with Crippen LogP contribution in [-0.4, -0.2) is 38.6 Å². The van der Waals surface area contributed by atoms with E-state index in [1.54, 1.807) is 6.20 Å². The summed E-state index contributed by atoms with van der Waals surface area (Å²) in [6.45, 7) is 7.23. The minimum atomic E-state index is 0.0378. The fourth-order valence-corrected chi connectivity index (χ4v) is 1.77. The minimum Gasteiger partial charge on any atom is -0.366 e. The smallest absolute Gasteiger partial charge is 0.221 e. The van der Waals surface area contributed by atoms with Crippen LogP contribution in [0.2, 0.25) is 0 Å². The average molecular weight is 276 g/mol. The van der Waals surface area contributed by atoms with Crippen molar-refractivity contribution in [2.75, 3.05) is 18.4 Å². The number of carbonyl (C=O) groups excluding carboxylic acids is 1. The van der Waals surface area contributed by atoms with Crippen LogP contribution in [0, 0.1) is 12.8 Å². The Morgan fingerprint density at radius 3 is 2.95 bits per heavy atom. The lowest BCUT2D eigenvalue weighted by molar-refractivity contribution is -0.120. The van der Waals surface area contributed by atoms with Crippen molar-refractivity contribution in [3.8, 4) is 0 Å². The summed E-state index contributed by atoms with van der Waals surface area (Å²) in [6, 6.07) is 0. The van der Waals surface area contributed by atoms with Crippen molar-refractivity contribution < 1.29 is 4.79 Å². The van der Waals surface area contributed by atoms with Gasteiger partial charge >= 0.3 is 0 Å². The second-order valence-corrected chi connectivity index (χ2v) is 5.09. The summed E-state index contributed by atoms with van der Waals surface area (Å²) < 4.78 is 1.86. The molecule has 0 aromatic carbocycles. The van der Waals surface area contributed by atoms with Gasteiger partial charge in [0.15, 0.2) is 5.82 Å². The molecule has 0 aliphatic heterocycles. The van der Waals surface area contributed by atoms with E-state index < -0.39 is 0 Å². The van der Waals surface area contributed by atoms with E-state index in [4.69, 9.17) is 0 Å². The molecule has 0 saturated heterocycles. The van der Waals surface area contributed by atoms with Gasteiger partial charge in [-0.25, -0.2) is 4.98 Å². The summed E-state index contributed by atoms with van der Waals surface area (Å²) in [4.78, 5) is 15.8. The highest BCUT2D eigenvalue weighted by Crippen LogP contribution is 2.11. The van der Waals surface area contributed by atoms with Crippen LogP contribution < -0.4 is 10.6 Å². The molecular formula is C13H20N6O. The summed E-state index contributed by atoms with van der Waals surface area (Å²) in [6.07, 6.45) is 3.90. The largest absolute Gasteiger partial charge is 0.366 e. The molecule has 2 N–H and O–H groups in total. The molecule has 0 aliphatic carbocycles. The Morgan fingerprint density at radius 2 is 2.20 bits per heavy atom. The number of anilines is 1. The highest BCUT2D eigenvalue weighted by Gasteiger charge is 2.08. The van der Waals surface area contributed by atoms with Gasteiger partial charge in [0.05, 0.1) is 0 Å². The average Bonchev–Trinajstić information content (AvgIpc) is 2.79. The first-order valence-electron chi connectivity index (χ1n) is 6.75. The van der Waals surface area contributed by atoms with Gasteiger partial charge in [-0.15, -0.1) is 10.2 Å². The monoisotopic (exact) mass is 276 g/mol. The van der Waals surface area contributed by atoms with Crippen LogP contribution in [-0.2, 0) is 4.79 Å². The third kappa shape index (κ3) is 3.43. The standard InChI is InChI=1S/C13H20N6O/c1-9(2)8-16-11(20)4-5-14-12-13-18-17-10(3)19(13)7-6-15-12/h6-7,9H,4-5,8H2,1-3H3,(H,14,15)(H,16,20). The maximum atomic E-state index is 11.6. The van der Waals surface area contributed by atoms with Crippen molar-refractivity contribution in [3.05, 3.63) is 18.2 Å². The van der Waals surface area contributed by atoms with E-state index in [-0.39, 0.29) is 5.91 Å². The number of nitrogens with zero attached hydrogens (tertiary/aromatic N) is 4. The molecule has 0 aliphatic rings. The van der Waals surface area contributed by atoms with Gasteiger partial charge in [-0.2, -0.15) is 0 Å². The molecule has 7 heteroatoms. The Labute approximate surface area is 117 Å². The van der Waals surface area contributed by atoms with Crippen LogP contribution in [0.4, 0.5) is 5.82 Å². The zero-order chi connectivity index (χ0) is 14.5. The number of rotatable bonds is 6. The van der Waals surface area contributed by atoms with E-state index >= 15 is 0 Å². The van der Waals surface area contributed by atoms with Crippen LogP contribution in [0.5, 0.6) is 0 Å². The number of hydrogen-bond acceptors (Lipinski definition) is 5. The number of aromatic nitrogens is 4. The highest BCUT2D eigenvalue weighted by atomic mass is 16.1. The van der Waals surface area contributed by atoms with Crippen molar-refractivity contribution in [1.29, 1.82) is 0 Å².